The highest BCUT2D eigenvalue weighted by Gasteiger charge is 2.23. The van der Waals surface area contributed by atoms with Gasteiger partial charge in [-0.25, -0.2) is 0 Å². The first-order chi connectivity index (χ1) is 8.74. The SMILES string of the molecule is COCc1ccccc1C1=CCCCN1C(F)F. The molecule has 1 aromatic carbocycles. The summed E-state index contributed by atoms with van der Waals surface area (Å²) in [4.78, 5) is 1.16. The van der Waals surface area contributed by atoms with Crippen LogP contribution in [-0.2, 0) is 11.3 Å². The molecule has 0 amide bonds. The van der Waals surface area contributed by atoms with Gasteiger partial charge in [-0.1, -0.05) is 30.3 Å². The van der Waals surface area contributed by atoms with Crippen molar-refractivity contribution in [2.45, 2.75) is 26.0 Å². The van der Waals surface area contributed by atoms with Gasteiger partial charge in [-0.05, 0) is 18.4 Å². The Labute approximate surface area is 106 Å². The number of ether oxygens (including phenoxy) is 1. The normalized spacial score (nSPS) is 16.0. The Morgan fingerprint density at radius 3 is 2.83 bits per heavy atom. The average molecular weight is 253 g/mol. The smallest absolute Gasteiger partial charge is 0.315 e. The van der Waals surface area contributed by atoms with E-state index >= 15 is 0 Å². The molecule has 0 radical (unpaired) electrons. The summed E-state index contributed by atoms with van der Waals surface area (Å²) < 4.78 is 31.2. The van der Waals surface area contributed by atoms with Crippen molar-refractivity contribution in [3.8, 4) is 0 Å². The van der Waals surface area contributed by atoms with E-state index in [2.05, 4.69) is 0 Å². The first kappa shape index (κ1) is 13.0. The molecule has 0 bridgehead atoms. The number of allylic oxidation sites excluding steroid dienone is 1. The van der Waals surface area contributed by atoms with Crippen LogP contribution in [0.2, 0.25) is 0 Å². The predicted molar refractivity (Wildman–Crippen MR) is 67.1 cm³/mol. The minimum Gasteiger partial charge on any atom is -0.380 e. The van der Waals surface area contributed by atoms with Crippen LogP contribution in [0.3, 0.4) is 0 Å². The van der Waals surface area contributed by atoms with Crippen LogP contribution in [0.4, 0.5) is 8.78 Å². The molecule has 2 rings (SSSR count). The molecule has 2 nitrogen and oxygen atoms in total. The second kappa shape index (κ2) is 5.96. The van der Waals surface area contributed by atoms with Gasteiger partial charge in [0, 0.05) is 24.9 Å². The zero-order valence-electron chi connectivity index (χ0n) is 10.4. The Kier molecular flexibility index (Phi) is 4.31. The van der Waals surface area contributed by atoms with E-state index in [0.29, 0.717) is 18.8 Å². The van der Waals surface area contributed by atoms with E-state index in [1.54, 1.807) is 7.11 Å². The fourth-order valence-corrected chi connectivity index (χ4v) is 2.26. The number of benzene rings is 1. The molecule has 0 atom stereocenters. The number of halogens is 2. The highest BCUT2D eigenvalue weighted by molar-refractivity contribution is 5.67. The number of methoxy groups -OCH3 is 1. The fraction of sp³-hybridized carbons (Fsp3) is 0.429. The van der Waals surface area contributed by atoms with Crippen LogP contribution in [0, 0.1) is 0 Å². The quantitative estimate of drug-likeness (QED) is 0.761. The lowest BCUT2D eigenvalue weighted by Gasteiger charge is -2.30. The third-order valence-corrected chi connectivity index (χ3v) is 3.08. The van der Waals surface area contributed by atoms with E-state index in [9.17, 15) is 8.78 Å². The molecule has 18 heavy (non-hydrogen) atoms. The standard InChI is InChI=1S/C14H17F2NO/c1-18-10-11-6-2-3-7-12(11)13-8-4-5-9-17(13)14(15)16/h2-3,6-8,14H,4-5,9-10H2,1H3. The van der Waals surface area contributed by atoms with Gasteiger partial charge in [-0.2, -0.15) is 8.78 Å². The van der Waals surface area contributed by atoms with Gasteiger partial charge in [-0.3, -0.25) is 0 Å². The van der Waals surface area contributed by atoms with Crippen molar-refractivity contribution in [3.05, 3.63) is 41.5 Å². The molecule has 1 aliphatic heterocycles. The molecule has 0 N–H and O–H groups in total. The average Bonchev–Trinajstić information content (AvgIpc) is 2.40. The van der Waals surface area contributed by atoms with Crippen molar-refractivity contribution in [1.29, 1.82) is 0 Å². The predicted octanol–water partition coefficient (Wildman–Crippen LogP) is 3.49. The Morgan fingerprint density at radius 2 is 2.11 bits per heavy atom. The lowest BCUT2D eigenvalue weighted by Crippen LogP contribution is -2.31. The molecule has 0 fully saturated rings. The number of nitrogens with zero attached hydrogens (tertiary/aromatic N) is 1. The van der Waals surface area contributed by atoms with E-state index in [0.717, 1.165) is 28.9 Å². The summed E-state index contributed by atoms with van der Waals surface area (Å²) in [5.41, 5.74) is 2.42. The number of hydrogen-bond acceptors (Lipinski definition) is 2. The van der Waals surface area contributed by atoms with Crippen LogP contribution in [-0.4, -0.2) is 25.1 Å². The molecule has 0 spiro atoms. The van der Waals surface area contributed by atoms with Crippen LogP contribution in [0.5, 0.6) is 0 Å². The summed E-state index contributed by atoms with van der Waals surface area (Å²) >= 11 is 0. The Bertz CT molecular complexity index is 432. The second-order valence-electron chi connectivity index (χ2n) is 4.29. The fourth-order valence-electron chi connectivity index (χ4n) is 2.26. The summed E-state index contributed by atoms with van der Waals surface area (Å²) in [6.45, 7) is -1.61. The topological polar surface area (TPSA) is 12.5 Å². The molecule has 1 aliphatic rings. The van der Waals surface area contributed by atoms with Gasteiger partial charge in [-0.15, -0.1) is 0 Å². The van der Waals surface area contributed by atoms with Gasteiger partial charge >= 0.3 is 6.55 Å². The largest absolute Gasteiger partial charge is 0.380 e. The number of rotatable bonds is 4. The summed E-state index contributed by atoms with van der Waals surface area (Å²) in [7, 11) is 1.61. The van der Waals surface area contributed by atoms with Crippen LogP contribution in [0.1, 0.15) is 24.0 Å². The van der Waals surface area contributed by atoms with E-state index < -0.39 is 6.55 Å². The maximum absolute atomic E-state index is 13.0. The highest BCUT2D eigenvalue weighted by atomic mass is 19.3. The molecule has 0 aromatic heterocycles. The molecule has 0 aliphatic carbocycles. The Morgan fingerprint density at radius 1 is 1.33 bits per heavy atom. The molecule has 0 unspecified atom stereocenters. The molecule has 4 heteroatoms. The van der Waals surface area contributed by atoms with Gasteiger partial charge in [0.1, 0.15) is 0 Å². The first-order valence-electron chi connectivity index (χ1n) is 6.06. The van der Waals surface area contributed by atoms with Gasteiger partial charge in [0.25, 0.3) is 0 Å². The van der Waals surface area contributed by atoms with Gasteiger partial charge < -0.3 is 9.64 Å². The first-order valence-corrected chi connectivity index (χ1v) is 6.06. The Balaban J connectivity index is 2.36. The van der Waals surface area contributed by atoms with Crippen molar-refractivity contribution < 1.29 is 13.5 Å². The lowest BCUT2D eigenvalue weighted by molar-refractivity contribution is 0.0111. The Hall–Kier alpha value is -1.42. The highest BCUT2D eigenvalue weighted by Crippen LogP contribution is 2.30. The van der Waals surface area contributed by atoms with E-state index in [4.69, 9.17) is 4.74 Å². The zero-order chi connectivity index (χ0) is 13.0. The molecule has 1 aromatic rings. The maximum atomic E-state index is 13.0. The third-order valence-electron chi connectivity index (χ3n) is 3.08. The monoisotopic (exact) mass is 253 g/mol. The van der Waals surface area contributed by atoms with Crippen molar-refractivity contribution in [2.75, 3.05) is 13.7 Å². The molecular formula is C14H17F2NO. The van der Waals surface area contributed by atoms with Crippen LogP contribution >= 0.6 is 0 Å². The van der Waals surface area contributed by atoms with Gasteiger partial charge in [0.2, 0.25) is 0 Å². The van der Waals surface area contributed by atoms with Crippen LogP contribution < -0.4 is 0 Å². The summed E-state index contributed by atoms with van der Waals surface area (Å²) in [5.74, 6) is 0. The number of alkyl halides is 2. The number of hydrogen-bond donors (Lipinski definition) is 0. The van der Waals surface area contributed by atoms with Crippen molar-refractivity contribution >= 4 is 5.70 Å². The molecule has 1 heterocycles. The van der Waals surface area contributed by atoms with E-state index in [-0.39, 0.29) is 0 Å². The van der Waals surface area contributed by atoms with Crippen molar-refractivity contribution in [2.24, 2.45) is 0 Å². The second-order valence-corrected chi connectivity index (χ2v) is 4.29. The zero-order valence-corrected chi connectivity index (χ0v) is 10.4. The summed E-state index contributed by atoms with van der Waals surface area (Å²) in [6.07, 6.45) is 3.52. The molecule has 98 valence electrons. The van der Waals surface area contributed by atoms with E-state index in [1.807, 2.05) is 30.3 Å². The van der Waals surface area contributed by atoms with Gasteiger partial charge in [0.15, 0.2) is 0 Å². The van der Waals surface area contributed by atoms with E-state index in [1.165, 1.54) is 0 Å². The minimum absolute atomic E-state index is 0.408. The molecule has 0 saturated carbocycles. The van der Waals surface area contributed by atoms with Crippen LogP contribution in [0.25, 0.3) is 5.70 Å². The molecule has 0 saturated heterocycles. The summed E-state index contributed by atoms with van der Waals surface area (Å²) in [5, 5.41) is 0. The minimum atomic E-state index is -2.45. The summed E-state index contributed by atoms with van der Waals surface area (Å²) in [6, 6.07) is 7.56. The third kappa shape index (κ3) is 2.70. The van der Waals surface area contributed by atoms with Crippen molar-refractivity contribution in [3.63, 3.8) is 0 Å². The maximum Gasteiger partial charge on any atom is 0.315 e. The lowest BCUT2D eigenvalue weighted by atomic mass is 10.0. The molecular weight excluding hydrogens is 236 g/mol. The van der Waals surface area contributed by atoms with Gasteiger partial charge in [0.05, 0.1) is 6.61 Å². The van der Waals surface area contributed by atoms with Crippen LogP contribution in [0.15, 0.2) is 30.3 Å². The van der Waals surface area contributed by atoms with Crippen molar-refractivity contribution in [1.82, 2.24) is 4.90 Å².